The number of carbonyl (C=O) groups is 1. The summed E-state index contributed by atoms with van der Waals surface area (Å²) in [5, 5.41) is 2.57. The Morgan fingerprint density at radius 3 is 2.37 bits per heavy atom. The normalized spacial score (nSPS) is 10.3. The predicted octanol–water partition coefficient (Wildman–Crippen LogP) is 3.28. The third-order valence-electron chi connectivity index (χ3n) is 2.95. The second kappa shape index (κ2) is 5.10. The van der Waals surface area contributed by atoms with Crippen molar-refractivity contribution in [3.8, 4) is 0 Å². The van der Waals surface area contributed by atoms with Crippen LogP contribution in [0.25, 0.3) is 0 Å². The number of hydrogen-bond donors (Lipinski definition) is 2. The van der Waals surface area contributed by atoms with E-state index >= 15 is 0 Å². The molecule has 0 saturated heterocycles. The molecule has 0 bridgehead atoms. The van der Waals surface area contributed by atoms with Crippen molar-refractivity contribution in [1.29, 1.82) is 0 Å². The Morgan fingerprint density at radius 2 is 1.79 bits per heavy atom. The van der Waals surface area contributed by atoms with Crippen molar-refractivity contribution in [3.05, 3.63) is 58.9 Å². The number of nitrogen functional groups attached to an aromatic ring is 1. The highest BCUT2D eigenvalue weighted by Crippen LogP contribution is 2.20. The molecule has 0 aliphatic carbocycles. The Bertz CT molecular complexity index is 618. The lowest BCUT2D eigenvalue weighted by Gasteiger charge is -2.11. The molecule has 2 aromatic rings. The number of halogens is 1. The molecule has 1 amide bonds. The Hall–Kier alpha value is -2.36. The van der Waals surface area contributed by atoms with Crippen molar-refractivity contribution in [3.63, 3.8) is 0 Å². The average molecular weight is 258 g/mol. The number of nitrogens with two attached hydrogens (primary N) is 1. The van der Waals surface area contributed by atoms with Crippen molar-refractivity contribution in [2.24, 2.45) is 0 Å². The minimum absolute atomic E-state index is 0.127. The molecule has 0 aromatic heterocycles. The third-order valence-corrected chi connectivity index (χ3v) is 2.95. The number of anilines is 2. The largest absolute Gasteiger partial charge is 0.399 e. The highest BCUT2D eigenvalue weighted by molar-refractivity contribution is 6.06. The molecule has 0 saturated carbocycles. The van der Waals surface area contributed by atoms with Gasteiger partial charge in [0.1, 0.15) is 5.82 Å². The van der Waals surface area contributed by atoms with Gasteiger partial charge in [0, 0.05) is 11.3 Å². The molecule has 19 heavy (non-hydrogen) atoms. The van der Waals surface area contributed by atoms with E-state index in [0.717, 1.165) is 11.1 Å². The van der Waals surface area contributed by atoms with Gasteiger partial charge in [-0.3, -0.25) is 4.79 Å². The Balaban J connectivity index is 2.31. The zero-order chi connectivity index (χ0) is 14.0. The quantitative estimate of drug-likeness (QED) is 0.812. The van der Waals surface area contributed by atoms with Crippen LogP contribution < -0.4 is 11.1 Å². The molecular weight excluding hydrogens is 243 g/mol. The third kappa shape index (κ3) is 2.73. The summed E-state index contributed by atoms with van der Waals surface area (Å²) in [5.41, 5.74) is 8.19. The minimum atomic E-state index is -0.542. The number of hydrogen-bond acceptors (Lipinski definition) is 2. The van der Waals surface area contributed by atoms with Gasteiger partial charge < -0.3 is 11.1 Å². The summed E-state index contributed by atoms with van der Waals surface area (Å²) in [5.74, 6) is -0.862. The van der Waals surface area contributed by atoms with Gasteiger partial charge in [0.25, 0.3) is 5.91 Å². The van der Waals surface area contributed by atoms with E-state index < -0.39 is 5.82 Å². The molecular formula is C15H15FN2O. The van der Waals surface area contributed by atoms with Gasteiger partial charge >= 0.3 is 0 Å². The second-order valence-corrected chi connectivity index (χ2v) is 4.46. The zero-order valence-corrected chi connectivity index (χ0v) is 10.8. The first-order valence-electron chi connectivity index (χ1n) is 5.91. The fraction of sp³-hybridized carbons (Fsp3) is 0.133. The summed E-state index contributed by atoms with van der Waals surface area (Å²) in [6, 6.07) is 9.76. The van der Waals surface area contributed by atoms with Gasteiger partial charge in [-0.05, 0) is 43.2 Å². The lowest BCUT2D eigenvalue weighted by molar-refractivity contribution is 0.102. The summed E-state index contributed by atoms with van der Waals surface area (Å²) >= 11 is 0. The number of nitrogens with one attached hydrogen (secondary N) is 1. The smallest absolute Gasteiger partial charge is 0.256 e. The lowest BCUT2D eigenvalue weighted by Crippen LogP contribution is -2.15. The molecule has 0 atom stereocenters. The van der Waals surface area contributed by atoms with Crippen LogP contribution in [-0.2, 0) is 0 Å². The van der Waals surface area contributed by atoms with Crippen LogP contribution in [0, 0.1) is 19.7 Å². The van der Waals surface area contributed by atoms with Crippen molar-refractivity contribution >= 4 is 17.3 Å². The number of benzene rings is 2. The fourth-order valence-electron chi connectivity index (χ4n) is 1.99. The molecule has 2 aromatic carbocycles. The van der Waals surface area contributed by atoms with Crippen LogP contribution in [0.15, 0.2) is 36.4 Å². The summed E-state index contributed by atoms with van der Waals surface area (Å²) in [6.45, 7) is 3.70. The SMILES string of the molecule is Cc1cccc(C)c1C(=O)Nc1ccc(N)cc1F. The molecule has 0 aliphatic heterocycles. The summed E-state index contributed by atoms with van der Waals surface area (Å²) in [6.07, 6.45) is 0. The molecule has 0 unspecified atom stereocenters. The van der Waals surface area contributed by atoms with Crippen LogP contribution in [0.3, 0.4) is 0 Å². The Labute approximate surface area is 111 Å². The van der Waals surface area contributed by atoms with E-state index in [1.165, 1.54) is 12.1 Å². The van der Waals surface area contributed by atoms with E-state index in [2.05, 4.69) is 5.32 Å². The highest BCUT2D eigenvalue weighted by atomic mass is 19.1. The molecule has 0 heterocycles. The van der Waals surface area contributed by atoms with Gasteiger partial charge in [0.2, 0.25) is 0 Å². The first-order valence-corrected chi connectivity index (χ1v) is 5.91. The van der Waals surface area contributed by atoms with Crippen molar-refractivity contribution in [1.82, 2.24) is 0 Å². The van der Waals surface area contributed by atoms with E-state index in [1.54, 1.807) is 6.07 Å². The fourth-order valence-corrected chi connectivity index (χ4v) is 1.99. The first-order chi connectivity index (χ1) is 8.99. The maximum absolute atomic E-state index is 13.6. The van der Waals surface area contributed by atoms with Crippen LogP contribution in [0.4, 0.5) is 15.8 Å². The molecule has 0 fully saturated rings. The Kier molecular flexibility index (Phi) is 3.51. The minimum Gasteiger partial charge on any atom is -0.399 e. The van der Waals surface area contributed by atoms with Crippen molar-refractivity contribution < 1.29 is 9.18 Å². The van der Waals surface area contributed by atoms with Gasteiger partial charge in [-0.25, -0.2) is 4.39 Å². The molecule has 4 heteroatoms. The van der Waals surface area contributed by atoms with E-state index in [9.17, 15) is 9.18 Å². The topological polar surface area (TPSA) is 55.1 Å². The van der Waals surface area contributed by atoms with Crippen LogP contribution in [0.5, 0.6) is 0 Å². The number of carbonyl (C=O) groups excluding carboxylic acids is 1. The monoisotopic (exact) mass is 258 g/mol. The molecule has 98 valence electrons. The molecule has 0 spiro atoms. The summed E-state index contributed by atoms with van der Waals surface area (Å²) < 4.78 is 13.6. The number of amides is 1. The standard InChI is InChI=1S/C15H15FN2O/c1-9-4-3-5-10(2)14(9)15(19)18-13-7-6-11(17)8-12(13)16/h3-8H,17H2,1-2H3,(H,18,19). The van der Waals surface area contributed by atoms with Crippen LogP contribution in [-0.4, -0.2) is 5.91 Å². The average Bonchev–Trinajstić information content (AvgIpc) is 2.32. The van der Waals surface area contributed by atoms with Gasteiger partial charge in [-0.1, -0.05) is 18.2 Å². The molecule has 3 nitrogen and oxygen atoms in total. The van der Waals surface area contributed by atoms with E-state index in [4.69, 9.17) is 5.73 Å². The maximum Gasteiger partial charge on any atom is 0.256 e. The predicted molar refractivity (Wildman–Crippen MR) is 74.7 cm³/mol. The van der Waals surface area contributed by atoms with Gasteiger partial charge in [-0.2, -0.15) is 0 Å². The Morgan fingerprint density at radius 1 is 1.16 bits per heavy atom. The number of aryl methyl sites for hydroxylation is 2. The van der Waals surface area contributed by atoms with E-state index in [1.807, 2.05) is 32.0 Å². The van der Waals surface area contributed by atoms with Crippen LogP contribution in [0.2, 0.25) is 0 Å². The van der Waals surface area contributed by atoms with Gasteiger partial charge in [0.05, 0.1) is 5.69 Å². The van der Waals surface area contributed by atoms with Gasteiger partial charge in [0.15, 0.2) is 0 Å². The lowest BCUT2D eigenvalue weighted by atomic mass is 10.0. The van der Waals surface area contributed by atoms with E-state index in [0.29, 0.717) is 11.3 Å². The number of rotatable bonds is 2. The molecule has 3 N–H and O–H groups in total. The van der Waals surface area contributed by atoms with Crippen LogP contribution >= 0.6 is 0 Å². The summed E-state index contributed by atoms with van der Waals surface area (Å²) in [7, 11) is 0. The van der Waals surface area contributed by atoms with E-state index in [-0.39, 0.29) is 11.6 Å². The second-order valence-electron chi connectivity index (χ2n) is 4.46. The first kappa shape index (κ1) is 13.1. The van der Waals surface area contributed by atoms with Crippen molar-refractivity contribution in [2.75, 3.05) is 11.1 Å². The summed E-state index contributed by atoms with van der Waals surface area (Å²) in [4.78, 5) is 12.2. The van der Waals surface area contributed by atoms with Gasteiger partial charge in [-0.15, -0.1) is 0 Å². The van der Waals surface area contributed by atoms with Crippen molar-refractivity contribution in [2.45, 2.75) is 13.8 Å². The zero-order valence-electron chi connectivity index (χ0n) is 10.8. The maximum atomic E-state index is 13.6. The highest BCUT2D eigenvalue weighted by Gasteiger charge is 2.13. The van der Waals surface area contributed by atoms with Crippen LogP contribution in [0.1, 0.15) is 21.5 Å². The molecule has 0 aliphatic rings. The molecule has 2 rings (SSSR count). The molecule has 0 radical (unpaired) electrons.